The summed E-state index contributed by atoms with van der Waals surface area (Å²) in [6.45, 7) is 0.278. The smallest absolute Gasteiger partial charge is 0.417 e. The van der Waals surface area contributed by atoms with Gasteiger partial charge in [-0.3, -0.25) is 0 Å². The van der Waals surface area contributed by atoms with Crippen molar-refractivity contribution in [1.29, 1.82) is 0 Å². The lowest BCUT2D eigenvalue weighted by atomic mass is 10.2. The molecule has 1 aromatic rings. The number of hydrogen-bond acceptors (Lipinski definition) is 3. The monoisotopic (exact) mass is 220 g/mol. The van der Waals surface area contributed by atoms with Crippen LogP contribution < -0.4 is 10.1 Å². The summed E-state index contributed by atoms with van der Waals surface area (Å²) < 4.78 is 41.9. The van der Waals surface area contributed by atoms with E-state index in [2.05, 4.69) is 10.3 Å². The maximum Gasteiger partial charge on any atom is 0.417 e. The van der Waals surface area contributed by atoms with Gasteiger partial charge in [-0.15, -0.1) is 0 Å². The third-order valence-electron chi connectivity index (χ3n) is 1.81. The van der Waals surface area contributed by atoms with Crippen LogP contribution in [0, 0.1) is 0 Å². The quantitative estimate of drug-likeness (QED) is 0.843. The van der Waals surface area contributed by atoms with Crippen molar-refractivity contribution in [1.82, 2.24) is 10.3 Å². The van der Waals surface area contributed by atoms with Crippen molar-refractivity contribution >= 4 is 0 Å². The number of hydrogen-bond donors (Lipinski definition) is 1. The molecule has 3 nitrogen and oxygen atoms in total. The summed E-state index contributed by atoms with van der Waals surface area (Å²) in [5.41, 5.74) is -0.386. The molecule has 0 aliphatic rings. The molecule has 0 amide bonds. The molecule has 1 N–H and O–H groups in total. The largest absolute Gasteiger partial charge is 0.481 e. The van der Waals surface area contributed by atoms with Crippen LogP contribution in [0.1, 0.15) is 11.1 Å². The Labute approximate surface area is 85.3 Å². The topological polar surface area (TPSA) is 34.2 Å². The lowest BCUT2D eigenvalue weighted by Crippen LogP contribution is -2.11. The Balaban J connectivity index is 3.10. The third kappa shape index (κ3) is 2.82. The van der Waals surface area contributed by atoms with Gasteiger partial charge in [0.15, 0.2) is 0 Å². The molecule has 1 rings (SSSR count). The standard InChI is InChI=1S/C9H11F3N2O/c1-13-4-6-3-7(9(10,11)12)5-14-8(6)15-2/h3,5,13H,4H2,1-2H3. The second kappa shape index (κ2) is 4.48. The van der Waals surface area contributed by atoms with Gasteiger partial charge >= 0.3 is 6.18 Å². The highest BCUT2D eigenvalue weighted by Gasteiger charge is 2.31. The van der Waals surface area contributed by atoms with Crippen LogP contribution in [-0.2, 0) is 12.7 Å². The highest BCUT2D eigenvalue weighted by Crippen LogP contribution is 2.30. The maximum absolute atomic E-state index is 12.3. The van der Waals surface area contributed by atoms with Crippen molar-refractivity contribution in [2.75, 3.05) is 14.2 Å². The van der Waals surface area contributed by atoms with Gasteiger partial charge in [-0.1, -0.05) is 0 Å². The van der Waals surface area contributed by atoms with Crippen molar-refractivity contribution in [2.24, 2.45) is 0 Å². The van der Waals surface area contributed by atoms with Gasteiger partial charge in [0, 0.05) is 18.3 Å². The number of alkyl halides is 3. The molecule has 1 heterocycles. The molecule has 0 aliphatic carbocycles. The first-order valence-corrected chi connectivity index (χ1v) is 4.23. The van der Waals surface area contributed by atoms with Gasteiger partial charge in [0.2, 0.25) is 5.88 Å². The van der Waals surface area contributed by atoms with Crippen molar-refractivity contribution in [3.8, 4) is 5.88 Å². The first kappa shape index (κ1) is 11.8. The van der Waals surface area contributed by atoms with Gasteiger partial charge in [0.05, 0.1) is 12.7 Å². The molecular formula is C9H11F3N2O. The minimum absolute atomic E-state index is 0.206. The van der Waals surface area contributed by atoms with Gasteiger partial charge < -0.3 is 10.1 Å². The Morgan fingerprint density at radius 3 is 2.60 bits per heavy atom. The van der Waals surface area contributed by atoms with Crippen molar-refractivity contribution in [3.05, 3.63) is 23.4 Å². The van der Waals surface area contributed by atoms with E-state index in [4.69, 9.17) is 4.74 Å². The second-order valence-corrected chi connectivity index (χ2v) is 2.92. The van der Waals surface area contributed by atoms with Crippen LogP contribution >= 0.6 is 0 Å². The average molecular weight is 220 g/mol. The zero-order valence-corrected chi connectivity index (χ0v) is 8.35. The first-order chi connectivity index (χ1) is 6.99. The van der Waals surface area contributed by atoms with E-state index in [0.29, 0.717) is 5.56 Å². The normalized spacial score (nSPS) is 11.5. The first-order valence-electron chi connectivity index (χ1n) is 4.23. The maximum atomic E-state index is 12.3. The van der Waals surface area contributed by atoms with E-state index >= 15 is 0 Å². The van der Waals surface area contributed by atoms with Crippen LogP contribution in [0.5, 0.6) is 5.88 Å². The number of aromatic nitrogens is 1. The fraction of sp³-hybridized carbons (Fsp3) is 0.444. The van der Waals surface area contributed by atoms with E-state index in [-0.39, 0.29) is 12.4 Å². The molecule has 0 fully saturated rings. The van der Waals surface area contributed by atoms with E-state index in [1.54, 1.807) is 7.05 Å². The van der Waals surface area contributed by atoms with E-state index in [1.807, 2.05) is 0 Å². The van der Waals surface area contributed by atoms with Crippen LogP contribution in [0.4, 0.5) is 13.2 Å². The zero-order valence-electron chi connectivity index (χ0n) is 8.35. The van der Waals surface area contributed by atoms with Gasteiger partial charge in [-0.25, -0.2) is 4.98 Å². The lowest BCUT2D eigenvalue weighted by molar-refractivity contribution is -0.137. The molecule has 1 aromatic heterocycles. The summed E-state index contributed by atoms with van der Waals surface area (Å²) >= 11 is 0. The molecule has 0 radical (unpaired) electrons. The minimum Gasteiger partial charge on any atom is -0.481 e. The predicted octanol–water partition coefficient (Wildman–Crippen LogP) is 1.83. The predicted molar refractivity (Wildman–Crippen MR) is 48.6 cm³/mol. The number of pyridine rings is 1. The molecule has 0 bridgehead atoms. The van der Waals surface area contributed by atoms with Gasteiger partial charge in [-0.2, -0.15) is 13.2 Å². The third-order valence-corrected chi connectivity index (χ3v) is 1.81. The molecule has 0 unspecified atom stereocenters. The van der Waals surface area contributed by atoms with Crippen LogP contribution in [-0.4, -0.2) is 19.1 Å². The van der Waals surface area contributed by atoms with E-state index in [9.17, 15) is 13.2 Å². The van der Waals surface area contributed by atoms with Crippen LogP contribution in [0.15, 0.2) is 12.3 Å². The summed E-state index contributed by atoms with van der Waals surface area (Å²) in [6, 6.07) is 1.03. The van der Waals surface area contributed by atoms with Crippen molar-refractivity contribution in [3.63, 3.8) is 0 Å². The van der Waals surface area contributed by atoms with Gasteiger partial charge in [0.1, 0.15) is 0 Å². The number of nitrogens with one attached hydrogen (secondary N) is 1. The van der Waals surface area contributed by atoms with E-state index in [1.165, 1.54) is 7.11 Å². The fourth-order valence-corrected chi connectivity index (χ4v) is 1.15. The SMILES string of the molecule is CNCc1cc(C(F)(F)F)cnc1OC. The van der Waals surface area contributed by atoms with Gasteiger partial charge in [0.25, 0.3) is 0 Å². The molecule has 0 saturated carbocycles. The van der Waals surface area contributed by atoms with E-state index in [0.717, 1.165) is 12.3 Å². The second-order valence-electron chi connectivity index (χ2n) is 2.92. The van der Waals surface area contributed by atoms with Crippen LogP contribution in [0.2, 0.25) is 0 Å². The zero-order chi connectivity index (χ0) is 11.5. The highest BCUT2D eigenvalue weighted by atomic mass is 19.4. The molecule has 15 heavy (non-hydrogen) atoms. The van der Waals surface area contributed by atoms with Crippen LogP contribution in [0.25, 0.3) is 0 Å². The lowest BCUT2D eigenvalue weighted by Gasteiger charge is -2.11. The summed E-state index contributed by atoms with van der Waals surface area (Å²) in [5.74, 6) is 0.206. The van der Waals surface area contributed by atoms with Crippen molar-refractivity contribution < 1.29 is 17.9 Å². The molecule has 0 saturated heterocycles. The Kier molecular flexibility index (Phi) is 3.52. The fourth-order valence-electron chi connectivity index (χ4n) is 1.15. The number of rotatable bonds is 3. The molecule has 0 aliphatic heterocycles. The summed E-state index contributed by atoms with van der Waals surface area (Å²) in [4.78, 5) is 3.60. The summed E-state index contributed by atoms with van der Waals surface area (Å²) in [5, 5.41) is 2.75. The van der Waals surface area contributed by atoms with Gasteiger partial charge in [-0.05, 0) is 13.1 Å². The number of halogens is 3. The minimum atomic E-state index is -4.37. The highest BCUT2D eigenvalue weighted by molar-refractivity contribution is 5.31. The average Bonchev–Trinajstić information content (AvgIpc) is 2.17. The molecule has 84 valence electrons. The molecule has 0 atom stereocenters. The Morgan fingerprint density at radius 1 is 1.47 bits per heavy atom. The van der Waals surface area contributed by atoms with Crippen LogP contribution in [0.3, 0.4) is 0 Å². The Bertz CT molecular complexity index is 339. The van der Waals surface area contributed by atoms with E-state index < -0.39 is 11.7 Å². The Hall–Kier alpha value is -1.30. The molecule has 6 heteroatoms. The Morgan fingerprint density at radius 2 is 2.13 bits per heavy atom. The molecular weight excluding hydrogens is 209 g/mol. The number of methoxy groups -OCH3 is 1. The number of nitrogens with zero attached hydrogens (tertiary/aromatic N) is 1. The molecule has 0 spiro atoms. The summed E-state index contributed by atoms with van der Waals surface area (Å²) in [7, 11) is 3.01. The number of ether oxygens (including phenoxy) is 1. The summed E-state index contributed by atoms with van der Waals surface area (Å²) in [6.07, 6.45) is -3.61. The molecule has 0 aromatic carbocycles. The van der Waals surface area contributed by atoms with Crippen molar-refractivity contribution in [2.45, 2.75) is 12.7 Å².